The monoisotopic (exact) mass is 255 g/mol. The van der Waals surface area contributed by atoms with Crippen molar-refractivity contribution >= 4 is 11.8 Å². The van der Waals surface area contributed by atoms with Crippen LogP contribution in [0.1, 0.15) is 27.7 Å². The number of carbonyl (C=O) groups excluding carboxylic acids is 2. The molecule has 0 saturated heterocycles. The van der Waals surface area contributed by atoms with Crippen molar-refractivity contribution in [2.45, 2.75) is 33.7 Å². The summed E-state index contributed by atoms with van der Waals surface area (Å²) < 4.78 is 0. The maximum absolute atomic E-state index is 11.8. The summed E-state index contributed by atoms with van der Waals surface area (Å²) in [4.78, 5) is 25.1. The molecule has 0 aromatic carbocycles. The molecule has 0 aliphatic carbocycles. The van der Waals surface area contributed by atoms with Crippen LogP contribution in [0.4, 0.5) is 0 Å². The number of nitrogens with zero attached hydrogens (tertiary/aromatic N) is 1. The number of carbonyl (C=O) groups is 2. The lowest BCUT2D eigenvalue weighted by molar-refractivity contribution is -0.132. The zero-order chi connectivity index (χ0) is 14.3. The van der Waals surface area contributed by atoms with Gasteiger partial charge < -0.3 is 16.0 Å². The molecule has 0 aliphatic rings. The Hall–Kier alpha value is -1.36. The van der Waals surface area contributed by atoms with Crippen LogP contribution in [0.5, 0.6) is 0 Å². The van der Waals surface area contributed by atoms with Crippen LogP contribution in [-0.4, -0.2) is 42.4 Å². The summed E-state index contributed by atoms with van der Waals surface area (Å²) in [5.41, 5.74) is 6.60. The molecule has 0 saturated carbocycles. The third kappa shape index (κ3) is 5.82. The van der Waals surface area contributed by atoms with Crippen molar-refractivity contribution in [1.82, 2.24) is 10.2 Å². The molecular weight excluding hydrogens is 230 g/mol. The summed E-state index contributed by atoms with van der Waals surface area (Å²) in [7, 11) is 0. The van der Waals surface area contributed by atoms with Gasteiger partial charge >= 0.3 is 0 Å². The number of rotatable bonds is 7. The maximum atomic E-state index is 11.8. The van der Waals surface area contributed by atoms with E-state index in [1.165, 1.54) is 0 Å². The Morgan fingerprint density at radius 1 is 1.39 bits per heavy atom. The van der Waals surface area contributed by atoms with Crippen molar-refractivity contribution in [3.05, 3.63) is 12.2 Å². The number of hydrogen-bond donors (Lipinski definition) is 2. The molecule has 1 atom stereocenters. The molecule has 104 valence electrons. The van der Waals surface area contributed by atoms with Crippen molar-refractivity contribution in [1.29, 1.82) is 0 Å². The lowest BCUT2D eigenvalue weighted by Gasteiger charge is -2.22. The highest BCUT2D eigenvalue weighted by Crippen LogP contribution is 1.99. The summed E-state index contributed by atoms with van der Waals surface area (Å²) in [6.45, 7) is 12.4. The molecule has 0 spiro atoms. The third-order valence-electron chi connectivity index (χ3n) is 2.63. The van der Waals surface area contributed by atoms with Gasteiger partial charge in [0.25, 0.3) is 0 Å². The van der Waals surface area contributed by atoms with E-state index in [-0.39, 0.29) is 24.3 Å². The van der Waals surface area contributed by atoms with Gasteiger partial charge in [0, 0.05) is 13.1 Å². The fourth-order valence-electron chi connectivity index (χ4n) is 1.40. The minimum absolute atomic E-state index is 0.0135. The predicted octanol–water partition coefficient (Wildman–Crippen LogP) is 0.511. The van der Waals surface area contributed by atoms with E-state index >= 15 is 0 Å². The third-order valence-corrected chi connectivity index (χ3v) is 2.63. The van der Waals surface area contributed by atoms with Crippen molar-refractivity contribution in [3.63, 3.8) is 0 Å². The molecule has 2 amide bonds. The highest BCUT2D eigenvalue weighted by molar-refractivity contribution is 5.87. The average Bonchev–Trinajstić information content (AvgIpc) is 2.30. The van der Waals surface area contributed by atoms with Gasteiger partial charge in [-0.1, -0.05) is 26.0 Å². The molecule has 0 bridgehead atoms. The van der Waals surface area contributed by atoms with Crippen LogP contribution in [0.3, 0.4) is 0 Å². The summed E-state index contributed by atoms with van der Waals surface area (Å²) in [5.74, 6) is -0.354. The molecule has 0 radical (unpaired) electrons. The van der Waals surface area contributed by atoms with E-state index in [1.54, 1.807) is 4.90 Å². The van der Waals surface area contributed by atoms with Gasteiger partial charge in [-0.2, -0.15) is 0 Å². The Balaban J connectivity index is 4.23. The van der Waals surface area contributed by atoms with Crippen LogP contribution in [0, 0.1) is 5.92 Å². The van der Waals surface area contributed by atoms with Crippen LogP contribution in [0.15, 0.2) is 12.2 Å². The van der Waals surface area contributed by atoms with Crippen LogP contribution in [0.25, 0.3) is 0 Å². The smallest absolute Gasteiger partial charge is 0.242 e. The first-order chi connectivity index (χ1) is 8.29. The number of likely N-dealkylation sites (N-methyl/N-ethyl adjacent to an activating group) is 1. The summed E-state index contributed by atoms with van der Waals surface area (Å²) >= 11 is 0. The number of hydrogen-bond acceptors (Lipinski definition) is 3. The van der Waals surface area contributed by atoms with Crippen molar-refractivity contribution in [2.24, 2.45) is 11.7 Å². The largest absolute Gasteiger partial charge is 0.346 e. The Bertz CT molecular complexity index is 313. The fourth-order valence-corrected chi connectivity index (χ4v) is 1.40. The standard InChI is InChI=1S/C13H25N3O2/c1-6-16(8-9(2)3)11(17)7-15-13(18)12(14)10(4)5/h10,12H,2,6-8,14H2,1,3-5H3,(H,15,18)/t12-/m0/s1. The Morgan fingerprint density at radius 3 is 2.33 bits per heavy atom. The lowest BCUT2D eigenvalue weighted by atomic mass is 10.1. The zero-order valence-electron chi connectivity index (χ0n) is 11.8. The quantitative estimate of drug-likeness (QED) is 0.651. The molecule has 0 heterocycles. The molecule has 3 N–H and O–H groups in total. The van der Waals surface area contributed by atoms with Gasteiger partial charge in [0.1, 0.15) is 0 Å². The van der Waals surface area contributed by atoms with E-state index in [1.807, 2.05) is 27.7 Å². The molecule has 0 aromatic rings. The van der Waals surface area contributed by atoms with Gasteiger partial charge in [0.2, 0.25) is 11.8 Å². The van der Waals surface area contributed by atoms with Gasteiger partial charge in [0.05, 0.1) is 12.6 Å². The van der Waals surface area contributed by atoms with Crippen LogP contribution in [0.2, 0.25) is 0 Å². The van der Waals surface area contributed by atoms with E-state index in [4.69, 9.17) is 5.73 Å². The van der Waals surface area contributed by atoms with Gasteiger partial charge in [-0.05, 0) is 19.8 Å². The summed E-state index contributed by atoms with van der Waals surface area (Å²) in [6, 6.07) is -0.575. The molecule has 0 aliphatic heterocycles. The first kappa shape index (κ1) is 16.6. The number of amides is 2. The SMILES string of the molecule is C=C(C)CN(CC)C(=O)CNC(=O)[C@@H](N)C(C)C. The minimum Gasteiger partial charge on any atom is -0.346 e. The van der Waals surface area contributed by atoms with Gasteiger partial charge in [-0.25, -0.2) is 0 Å². The van der Waals surface area contributed by atoms with Crippen molar-refractivity contribution in [2.75, 3.05) is 19.6 Å². The summed E-state index contributed by atoms with van der Waals surface area (Å²) in [5, 5.41) is 2.57. The number of nitrogens with two attached hydrogens (primary N) is 1. The highest BCUT2D eigenvalue weighted by atomic mass is 16.2. The molecule has 5 heteroatoms. The second-order valence-corrected chi connectivity index (χ2v) is 4.85. The van der Waals surface area contributed by atoms with Crippen molar-refractivity contribution in [3.8, 4) is 0 Å². The van der Waals surface area contributed by atoms with Crippen LogP contribution >= 0.6 is 0 Å². The van der Waals surface area contributed by atoms with E-state index in [9.17, 15) is 9.59 Å². The fraction of sp³-hybridized carbons (Fsp3) is 0.692. The van der Waals surface area contributed by atoms with Gasteiger partial charge in [-0.15, -0.1) is 0 Å². The van der Waals surface area contributed by atoms with Crippen molar-refractivity contribution < 1.29 is 9.59 Å². The molecular formula is C13H25N3O2. The molecule has 5 nitrogen and oxygen atoms in total. The predicted molar refractivity (Wildman–Crippen MR) is 72.9 cm³/mol. The minimum atomic E-state index is -0.575. The van der Waals surface area contributed by atoms with E-state index in [0.717, 1.165) is 5.57 Å². The maximum Gasteiger partial charge on any atom is 0.242 e. The molecule has 18 heavy (non-hydrogen) atoms. The first-order valence-corrected chi connectivity index (χ1v) is 6.25. The van der Waals surface area contributed by atoms with Crippen LogP contribution in [-0.2, 0) is 9.59 Å². The molecule has 0 fully saturated rings. The molecule has 0 rings (SSSR count). The Kier molecular flexibility index (Phi) is 7.27. The zero-order valence-corrected chi connectivity index (χ0v) is 11.8. The van der Waals surface area contributed by atoms with E-state index in [0.29, 0.717) is 13.1 Å². The Labute approximate surface area is 109 Å². The van der Waals surface area contributed by atoms with Gasteiger partial charge in [-0.3, -0.25) is 9.59 Å². The Morgan fingerprint density at radius 2 is 1.94 bits per heavy atom. The highest BCUT2D eigenvalue weighted by Gasteiger charge is 2.19. The average molecular weight is 255 g/mol. The van der Waals surface area contributed by atoms with E-state index < -0.39 is 6.04 Å². The lowest BCUT2D eigenvalue weighted by Crippen LogP contribution is -2.48. The topological polar surface area (TPSA) is 75.4 Å². The summed E-state index contributed by atoms with van der Waals surface area (Å²) in [6.07, 6.45) is 0. The van der Waals surface area contributed by atoms with Gasteiger partial charge in [0.15, 0.2) is 0 Å². The molecule has 0 aromatic heterocycles. The molecule has 0 unspecified atom stereocenters. The number of nitrogens with one attached hydrogen (secondary N) is 1. The second kappa shape index (κ2) is 7.87. The first-order valence-electron chi connectivity index (χ1n) is 6.25. The van der Waals surface area contributed by atoms with E-state index in [2.05, 4.69) is 11.9 Å². The van der Waals surface area contributed by atoms with Crippen LogP contribution < -0.4 is 11.1 Å². The normalized spacial score (nSPS) is 12.1. The second-order valence-electron chi connectivity index (χ2n) is 4.85.